The van der Waals surface area contributed by atoms with E-state index in [0.29, 0.717) is 11.5 Å². The Balaban J connectivity index is 1.29. The predicted octanol–water partition coefficient (Wildman–Crippen LogP) is 1.75. The minimum Gasteiger partial charge on any atom is -0.351 e. The molecule has 0 atom stereocenters. The van der Waals surface area contributed by atoms with Gasteiger partial charge in [0.25, 0.3) is 5.91 Å². The van der Waals surface area contributed by atoms with Crippen molar-refractivity contribution >= 4 is 17.4 Å². The van der Waals surface area contributed by atoms with E-state index in [9.17, 15) is 4.79 Å². The molecule has 1 amide bonds. The maximum absolute atomic E-state index is 12.6. The first-order chi connectivity index (χ1) is 13.2. The minimum absolute atomic E-state index is 0.0246. The number of amides is 1. The monoisotopic (exact) mass is 363 g/mol. The van der Waals surface area contributed by atoms with E-state index in [1.165, 1.54) is 19.3 Å². The summed E-state index contributed by atoms with van der Waals surface area (Å²) in [6.45, 7) is 1.54. The van der Waals surface area contributed by atoms with Crippen molar-refractivity contribution in [2.24, 2.45) is 0 Å². The summed E-state index contributed by atoms with van der Waals surface area (Å²) >= 11 is 0. The van der Waals surface area contributed by atoms with Crippen molar-refractivity contribution in [3.8, 4) is 0 Å². The van der Waals surface area contributed by atoms with E-state index in [1.807, 2.05) is 28.6 Å². The molecule has 2 fully saturated rings. The topological polar surface area (TPSA) is 79.5 Å². The summed E-state index contributed by atoms with van der Waals surface area (Å²) in [5, 5.41) is 13.3. The Morgan fingerprint density at radius 2 is 1.89 bits per heavy atom. The molecule has 3 aromatic rings. The molecule has 8 nitrogen and oxygen atoms in total. The molecule has 8 heteroatoms. The summed E-state index contributed by atoms with van der Waals surface area (Å²) in [5.41, 5.74) is 1.46. The van der Waals surface area contributed by atoms with Gasteiger partial charge in [-0.3, -0.25) is 9.78 Å². The number of rotatable bonds is 4. The molecule has 4 heterocycles. The van der Waals surface area contributed by atoms with Gasteiger partial charge in [-0.1, -0.05) is 6.42 Å². The maximum Gasteiger partial charge on any atom is 0.254 e. The van der Waals surface area contributed by atoms with E-state index < -0.39 is 0 Å². The highest BCUT2D eigenvalue weighted by molar-refractivity contribution is 5.94. The zero-order chi connectivity index (χ0) is 18.4. The predicted molar refractivity (Wildman–Crippen MR) is 99.7 cm³/mol. The number of pyridine rings is 1. The Labute approximate surface area is 156 Å². The molecule has 1 saturated heterocycles. The number of aromatic nitrogens is 5. The van der Waals surface area contributed by atoms with Crippen LogP contribution in [0.4, 0.5) is 5.82 Å². The summed E-state index contributed by atoms with van der Waals surface area (Å²) in [4.78, 5) is 20.5. The lowest BCUT2D eigenvalue weighted by Gasteiger charge is -2.44. The Morgan fingerprint density at radius 3 is 2.59 bits per heavy atom. The first-order valence-corrected chi connectivity index (χ1v) is 9.35. The Hall–Kier alpha value is -3.03. The highest BCUT2D eigenvalue weighted by Crippen LogP contribution is 2.35. The van der Waals surface area contributed by atoms with Crippen LogP contribution in [-0.2, 0) is 0 Å². The molecule has 1 aliphatic heterocycles. The quantitative estimate of drug-likeness (QED) is 0.703. The number of fused-ring (bicyclic) bond motifs is 1. The standard InChI is InChI=1S/C19H21N7O/c1-24(19(27)14-7-9-20-10-8-14)15-11-25(12-15)17-6-5-16-21-22-18(26(16)23-17)13-3-2-4-13/h5-10,13,15H,2-4,11-12H2,1H3. The van der Waals surface area contributed by atoms with Gasteiger partial charge in [-0.05, 0) is 37.1 Å². The van der Waals surface area contributed by atoms with Gasteiger partial charge in [-0.15, -0.1) is 15.3 Å². The highest BCUT2D eigenvalue weighted by Gasteiger charge is 2.34. The number of hydrogen-bond donors (Lipinski definition) is 0. The highest BCUT2D eigenvalue weighted by atomic mass is 16.2. The molecule has 1 aliphatic carbocycles. The summed E-state index contributed by atoms with van der Waals surface area (Å²) in [6, 6.07) is 7.62. The Morgan fingerprint density at radius 1 is 1.11 bits per heavy atom. The molecule has 2 aliphatic rings. The second-order valence-corrected chi connectivity index (χ2v) is 7.36. The van der Waals surface area contributed by atoms with Gasteiger partial charge in [0.15, 0.2) is 11.5 Å². The fourth-order valence-electron chi connectivity index (χ4n) is 3.64. The van der Waals surface area contributed by atoms with E-state index in [1.54, 1.807) is 24.5 Å². The lowest BCUT2D eigenvalue weighted by Crippen LogP contribution is -2.60. The van der Waals surface area contributed by atoms with Gasteiger partial charge in [0.1, 0.15) is 5.82 Å². The summed E-state index contributed by atoms with van der Waals surface area (Å²) in [6.07, 6.45) is 6.88. The van der Waals surface area contributed by atoms with Gasteiger partial charge >= 0.3 is 0 Å². The van der Waals surface area contributed by atoms with Crippen LogP contribution in [0.5, 0.6) is 0 Å². The van der Waals surface area contributed by atoms with Crippen molar-refractivity contribution < 1.29 is 4.79 Å². The number of nitrogens with zero attached hydrogens (tertiary/aromatic N) is 7. The molecule has 0 N–H and O–H groups in total. The first kappa shape index (κ1) is 16.2. The van der Waals surface area contributed by atoms with Gasteiger partial charge < -0.3 is 9.80 Å². The van der Waals surface area contributed by atoms with E-state index in [0.717, 1.165) is 30.4 Å². The molecule has 0 spiro atoms. The van der Waals surface area contributed by atoms with Crippen molar-refractivity contribution in [2.45, 2.75) is 31.2 Å². The van der Waals surface area contributed by atoms with Crippen LogP contribution >= 0.6 is 0 Å². The molecular formula is C19H21N7O. The third-order valence-electron chi connectivity index (χ3n) is 5.72. The number of carbonyl (C=O) groups is 1. The molecule has 1 saturated carbocycles. The van der Waals surface area contributed by atoms with E-state index in [2.05, 4.69) is 20.1 Å². The Bertz CT molecular complexity index is 976. The van der Waals surface area contributed by atoms with Gasteiger partial charge in [-0.25, -0.2) is 0 Å². The van der Waals surface area contributed by atoms with E-state index in [-0.39, 0.29) is 11.9 Å². The minimum atomic E-state index is 0.0246. The molecular weight excluding hydrogens is 342 g/mol. The second kappa shape index (κ2) is 6.29. The van der Waals surface area contributed by atoms with E-state index >= 15 is 0 Å². The average molecular weight is 363 g/mol. The molecule has 0 bridgehead atoms. The molecule has 27 heavy (non-hydrogen) atoms. The molecule has 0 unspecified atom stereocenters. The summed E-state index contributed by atoms with van der Waals surface area (Å²) < 4.78 is 1.89. The normalized spacial score (nSPS) is 17.6. The molecule has 0 aromatic carbocycles. The lowest BCUT2D eigenvalue weighted by molar-refractivity contribution is 0.0705. The zero-order valence-electron chi connectivity index (χ0n) is 15.2. The fraction of sp³-hybridized carbons (Fsp3) is 0.421. The number of carbonyl (C=O) groups excluding carboxylic acids is 1. The van der Waals surface area contributed by atoms with Crippen molar-refractivity contribution in [2.75, 3.05) is 25.0 Å². The maximum atomic E-state index is 12.6. The molecule has 0 radical (unpaired) electrons. The van der Waals surface area contributed by atoms with Gasteiger partial charge in [0, 0.05) is 44.0 Å². The van der Waals surface area contributed by atoms with Crippen LogP contribution < -0.4 is 4.90 Å². The fourth-order valence-corrected chi connectivity index (χ4v) is 3.64. The summed E-state index contributed by atoms with van der Waals surface area (Å²) in [5.74, 6) is 2.39. The van der Waals surface area contributed by atoms with Crippen LogP contribution in [0.3, 0.4) is 0 Å². The van der Waals surface area contributed by atoms with Crippen LogP contribution in [0.15, 0.2) is 36.7 Å². The number of likely N-dealkylation sites (N-methyl/N-ethyl adjacent to an activating group) is 1. The first-order valence-electron chi connectivity index (χ1n) is 9.35. The van der Waals surface area contributed by atoms with Crippen LogP contribution in [0, 0.1) is 0 Å². The van der Waals surface area contributed by atoms with Crippen LogP contribution in [0.2, 0.25) is 0 Å². The molecule has 3 aromatic heterocycles. The smallest absolute Gasteiger partial charge is 0.254 e. The van der Waals surface area contributed by atoms with Crippen molar-refractivity contribution in [1.29, 1.82) is 0 Å². The van der Waals surface area contributed by atoms with Crippen molar-refractivity contribution in [3.05, 3.63) is 48.0 Å². The van der Waals surface area contributed by atoms with Crippen molar-refractivity contribution in [1.82, 2.24) is 29.7 Å². The van der Waals surface area contributed by atoms with Crippen LogP contribution in [0.25, 0.3) is 5.65 Å². The van der Waals surface area contributed by atoms with Gasteiger partial charge in [0.05, 0.1) is 6.04 Å². The SMILES string of the molecule is CN(C(=O)c1ccncc1)C1CN(c2ccc3nnc(C4CCC4)n3n2)C1. The zero-order valence-corrected chi connectivity index (χ0v) is 15.2. The van der Waals surface area contributed by atoms with Crippen LogP contribution in [-0.4, -0.2) is 61.8 Å². The third kappa shape index (κ3) is 2.72. The van der Waals surface area contributed by atoms with Crippen LogP contribution in [0.1, 0.15) is 41.4 Å². The lowest BCUT2D eigenvalue weighted by atomic mass is 9.85. The largest absolute Gasteiger partial charge is 0.351 e. The average Bonchev–Trinajstić information content (AvgIpc) is 3.02. The second-order valence-electron chi connectivity index (χ2n) is 7.36. The van der Waals surface area contributed by atoms with E-state index in [4.69, 9.17) is 5.10 Å². The summed E-state index contributed by atoms with van der Waals surface area (Å²) in [7, 11) is 1.86. The molecule has 138 valence electrons. The number of anilines is 1. The van der Waals surface area contributed by atoms with Gasteiger partial charge in [-0.2, -0.15) is 4.52 Å². The Kier molecular flexibility index (Phi) is 3.77. The van der Waals surface area contributed by atoms with Gasteiger partial charge in [0.2, 0.25) is 0 Å². The third-order valence-corrected chi connectivity index (χ3v) is 5.72. The number of hydrogen-bond acceptors (Lipinski definition) is 6. The van der Waals surface area contributed by atoms with Crippen molar-refractivity contribution in [3.63, 3.8) is 0 Å². The molecule has 5 rings (SSSR count).